The number of fused-ring (bicyclic) bond motifs is 1. The Balaban J connectivity index is 1.96. The number of primary amides is 1. The Morgan fingerprint density at radius 2 is 1.96 bits per heavy atom. The number of amides is 2. The lowest BCUT2D eigenvalue weighted by Gasteiger charge is -2.37. The molecule has 1 fully saturated rings. The highest BCUT2D eigenvalue weighted by Gasteiger charge is 2.32. The number of aromatic nitrogens is 1. The Bertz CT molecular complexity index is 816. The summed E-state index contributed by atoms with van der Waals surface area (Å²) in [5.41, 5.74) is 8.79. The molecule has 126 valence electrons. The molecule has 5 heteroatoms. The second-order valence-corrected chi connectivity index (χ2v) is 6.80. The Labute approximate surface area is 141 Å². The van der Waals surface area contributed by atoms with Crippen LogP contribution in [0.4, 0.5) is 0 Å². The van der Waals surface area contributed by atoms with Gasteiger partial charge in [0.15, 0.2) is 0 Å². The summed E-state index contributed by atoms with van der Waals surface area (Å²) >= 11 is 0. The first kappa shape index (κ1) is 16.4. The van der Waals surface area contributed by atoms with Crippen LogP contribution in [-0.4, -0.2) is 34.3 Å². The predicted octanol–water partition coefficient (Wildman–Crippen LogP) is 2.58. The van der Waals surface area contributed by atoms with Crippen LogP contribution in [0.25, 0.3) is 10.9 Å². The molecular formula is C19H23N3O2. The third-order valence-corrected chi connectivity index (χ3v) is 4.94. The van der Waals surface area contributed by atoms with E-state index < -0.39 is 0 Å². The van der Waals surface area contributed by atoms with E-state index in [0.717, 1.165) is 29.3 Å². The molecule has 3 rings (SSSR count). The van der Waals surface area contributed by atoms with Crippen LogP contribution in [0.2, 0.25) is 0 Å². The smallest absolute Gasteiger partial charge is 0.255 e. The van der Waals surface area contributed by atoms with E-state index in [9.17, 15) is 9.59 Å². The lowest BCUT2D eigenvalue weighted by Crippen LogP contribution is -2.48. The van der Waals surface area contributed by atoms with Crippen LogP contribution in [0.1, 0.15) is 41.4 Å². The van der Waals surface area contributed by atoms with E-state index >= 15 is 0 Å². The van der Waals surface area contributed by atoms with Crippen LogP contribution >= 0.6 is 0 Å². The van der Waals surface area contributed by atoms with Gasteiger partial charge in [-0.3, -0.25) is 14.6 Å². The second-order valence-electron chi connectivity index (χ2n) is 6.80. The maximum atomic E-state index is 13.0. The summed E-state index contributed by atoms with van der Waals surface area (Å²) < 4.78 is 0. The monoisotopic (exact) mass is 325 g/mol. The van der Waals surface area contributed by atoms with Crippen LogP contribution in [0.3, 0.4) is 0 Å². The van der Waals surface area contributed by atoms with E-state index in [0.29, 0.717) is 17.8 Å². The number of carbonyl (C=O) groups excluding carboxylic acids is 2. The number of benzene rings is 1. The fourth-order valence-corrected chi connectivity index (χ4v) is 3.37. The number of carbonyl (C=O) groups is 2. The second kappa shape index (κ2) is 6.23. The number of likely N-dealkylation sites (tertiary alicyclic amines) is 1. The van der Waals surface area contributed by atoms with Crippen LogP contribution in [0.5, 0.6) is 0 Å². The minimum Gasteiger partial charge on any atom is -0.369 e. The van der Waals surface area contributed by atoms with Crippen molar-refractivity contribution in [1.82, 2.24) is 9.88 Å². The largest absolute Gasteiger partial charge is 0.369 e. The zero-order valence-corrected chi connectivity index (χ0v) is 14.4. The molecule has 1 aliphatic heterocycles. The molecule has 2 N–H and O–H groups in total. The van der Waals surface area contributed by atoms with Crippen molar-refractivity contribution in [2.24, 2.45) is 11.7 Å². The molecule has 0 radical (unpaired) electrons. The third kappa shape index (κ3) is 2.98. The van der Waals surface area contributed by atoms with Gasteiger partial charge in [-0.15, -0.1) is 0 Å². The summed E-state index contributed by atoms with van der Waals surface area (Å²) in [5, 5.41) is 0.950. The van der Waals surface area contributed by atoms with Crippen LogP contribution in [0.15, 0.2) is 24.3 Å². The topological polar surface area (TPSA) is 76.3 Å². The highest BCUT2D eigenvalue weighted by atomic mass is 16.2. The Morgan fingerprint density at radius 1 is 1.21 bits per heavy atom. The lowest BCUT2D eigenvalue weighted by molar-refractivity contribution is -0.123. The van der Waals surface area contributed by atoms with E-state index in [4.69, 9.17) is 5.73 Å². The fraction of sp³-hybridized carbons (Fsp3) is 0.421. The number of piperidine rings is 1. The molecule has 2 heterocycles. The zero-order valence-electron chi connectivity index (χ0n) is 14.4. The first-order valence-corrected chi connectivity index (χ1v) is 8.35. The van der Waals surface area contributed by atoms with Gasteiger partial charge in [0, 0.05) is 18.0 Å². The molecule has 0 aliphatic carbocycles. The SMILES string of the molecule is Cc1ccc2cc(C(=O)N3C[C@@H](C(N)=O)CC[C@H]3C)c(C)nc2c1. The lowest BCUT2D eigenvalue weighted by atomic mass is 9.92. The zero-order chi connectivity index (χ0) is 17.4. The van der Waals surface area contributed by atoms with Crippen molar-refractivity contribution in [3.8, 4) is 0 Å². The van der Waals surface area contributed by atoms with E-state index in [1.807, 2.05) is 45.0 Å². The quantitative estimate of drug-likeness (QED) is 0.922. The molecule has 0 bridgehead atoms. The maximum absolute atomic E-state index is 13.0. The molecule has 1 aliphatic rings. The molecule has 1 saturated heterocycles. The molecule has 0 spiro atoms. The number of hydrogen-bond acceptors (Lipinski definition) is 3. The van der Waals surface area contributed by atoms with Crippen molar-refractivity contribution in [1.29, 1.82) is 0 Å². The molecule has 0 saturated carbocycles. The summed E-state index contributed by atoms with van der Waals surface area (Å²) in [6.07, 6.45) is 1.53. The van der Waals surface area contributed by atoms with E-state index in [1.165, 1.54) is 0 Å². The van der Waals surface area contributed by atoms with Gasteiger partial charge in [0.2, 0.25) is 5.91 Å². The molecule has 1 aromatic heterocycles. The van der Waals surface area contributed by atoms with Crippen LogP contribution in [0, 0.1) is 19.8 Å². The molecule has 2 atom stereocenters. The van der Waals surface area contributed by atoms with E-state index in [2.05, 4.69) is 4.98 Å². The fourth-order valence-electron chi connectivity index (χ4n) is 3.37. The summed E-state index contributed by atoms with van der Waals surface area (Å²) in [6.45, 7) is 6.28. The number of nitrogens with two attached hydrogens (primary N) is 1. The van der Waals surface area contributed by atoms with Gasteiger partial charge < -0.3 is 10.6 Å². The first-order chi connectivity index (χ1) is 11.4. The summed E-state index contributed by atoms with van der Waals surface area (Å²) in [4.78, 5) is 30.9. The predicted molar refractivity (Wildman–Crippen MR) is 93.6 cm³/mol. The van der Waals surface area contributed by atoms with Gasteiger partial charge in [-0.25, -0.2) is 0 Å². The third-order valence-electron chi connectivity index (χ3n) is 4.94. The summed E-state index contributed by atoms with van der Waals surface area (Å²) in [5.74, 6) is -0.661. The van der Waals surface area contributed by atoms with E-state index in [1.54, 1.807) is 4.90 Å². The van der Waals surface area contributed by atoms with Gasteiger partial charge in [0.25, 0.3) is 5.91 Å². The van der Waals surface area contributed by atoms with Crippen molar-refractivity contribution >= 4 is 22.7 Å². The van der Waals surface area contributed by atoms with Crippen molar-refractivity contribution in [3.05, 3.63) is 41.1 Å². The Hall–Kier alpha value is -2.43. The number of aryl methyl sites for hydroxylation is 2. The van der Waals surface area contributed by atoms with Gasteiger partial charge in [-0.2, -0.15) is 0 Å². The molecule has 5 nitrogen and oxygen atoms in total. The average molecular weight is 325 g/mol. The summed E-state index contributed by atoms with van der Waals surface area (Å²) in [6, 6.07) is 8.02. The first-order valence-electron chi connectivity index (χ1n) is 8.35. The van der Waals surface area contributed by atoms with Gasteiger partial charge in [-0.05, 0) is 51.3 Å². The number of nitrogens with zero attached hydrogens (tertiary/aromatic N) is 2. The maximum Gasteiger partial charge on any atom is 0.255 e. The number of rotatable bonds is 2. The minimum atomic E-state index is -0.330. The normalized spacial score (nSPS) is 21.0. The van der Waals surface area contributed by atoms with Crippen LogP contribution in [-0.2, 0) is 4.79 Å². The van der Waals surface area contributed by atoms with E-state index in [-0.39, 0.29) is 23.8 Å². The molecule has 24 heavy (non-hydrogen) atoms. The minimum absolute atomic E-state index is 0.0686. The van der Waals surface area contributed by atoms with Crippen molar-refractivity contribution in [2.75, 3.05) is 6.54 Å². The summed E-state index contributed by atoms with van der Waals surface area (Å²) in [7, 11) is 0. The molecule has 0 unspecified atom stereocenters. The van der Waals surface area contributed by atoms with Crippen molar-refractivity contribution < 1.29 is 9.59 Å². The highest BCUT2D eigenvalue weighted by Crippen LogP contribution is 2.25. The van der Waals surface area contributed by atoms with Crippen molar-refractivity contribution in [2.45, 2.75) is 39.7 Å². The molecule has 2 amide bonds. The Morgan fingerprint density at radius 3 is 2.67 bits per heavy atom. The van der Waals surface area contributed by atoms with Gasteiger partial charge >= 0.3 is 0 Å². The average Bonchev–Trinajstić information content (AvgIpc) is 2.53. The van der Waals surface area contributed by atoms with Gasteiger partial charge in [-0.1, -0.05) is 12.1 Å². The molecule has 1 aromatic carbocycles. The van der Waals surface area contributed by atoms with Crippen LogP contribution < -0.4 is 5.73 Å². The Kier molecular flexibility index (Phi) is 4.26. The van der Waals surface area contributed by atoms with Crippen molar-refractivity contribution in [3.63, 3.8) is 0 Å². The molecular weight excluding hydrogens is 302 g/mol. The van der Waals surface area contributed by atoms with Gasteiger partial charge in [0.1, 0.15) is 0 Å². The van der Waals surface area contributed by atoms with Gasteiger partial charge in [0.05, 0.1) is 22.7 Å². The highest BCUT2D eigenvalue weighted by molar-refractivity contribution is 5.99. The standard InChI is InChI=1S/C19H23N3O2/c1-11-4-6-14-9-16(13(3)21-17(14)8-11)19(24)22-10-15(18(20)23)7-5-12(22)2/h4,6,8-9,12,15H,5,7,10H2,1-3H3,(H2,20,23)/t12-,15+/m1/s1. The molecule has 2 aromatic rings. The number of pyridine rings is 1. The number of hydrogen-bond donors (Lipinski definition) is 1.